The standard InChI is InChI=1S/C21H24N8O2/c1-11-2-5-14-17(22-11)26-27-18(14)25-21(31)29-13-8-9-28(10-13)16-7-6-15(24-19(16)29)20(30)23-12-3-4-12/h2,5-7,12-13,15,24H,3-4,8-10H2,1H3,(H,23,30)(H2,22,25,26,27,31)/t13-,15?/m0/s1. The van der Waals surface area contributed by atoms with Gasteiger partial charge in [0, 0.05) is 24.8 Å². The lowest BCUT2D eigenvalue weighted by molar-refractivity contribution is -0.122. The molecule has 2 aromatic rings. The Hall–Kier alpha value is -3.56. The van der Waals surface area contributed by atoms with Crippen LogP contribution in [0.25, 0.3) is 11.0 Å². The molecule has 1 saturated heterocycles. The van der Waals surface area contributed by atoms with E-state index in [1.807, 2.05) is 31.2 Å². The van der Waals surface area contributed by atoms with Crippen LogP contribution in [0.3, 0.4) is 0 Å². The number of aromatic amines is 1. The predicted molar refractivity (Wildman–Crippen MR) is 114 cm³/mol. The fourth-order valence-corrected chi connectivity index (χ4v) is 4.54. The van der Waals surface area contributed by atoms with E-state index >= 15 is 0 Å². The first kappa shape index (κ1) is 18.2. The number of hydrogen-bond acceptors (Lipinski definition) is 6. The van der Waals surface area contributed by atoms with Crippen LogP contribution in [0.5, 0.6) is 0 Å². The minimum atomic E-state index is -0.494. The summed E-state index contributed by atoms with van der Waals surface area (Å²) in [7, 11) is 0. The number of carbonyl (C=O) groups excluding carboxylic acids is 2. The third-order valence-corrected chi connectivity index (χ3v) is 6.31. The number of allylic oxidation sites excluding steroid dienone is 1. The van der Waals surface area contributed by atoms with E-state index in [1.165, 1.54) is 0 Å². The third-order valence-electron chi connectivity index (χ3n) is 6.31. The van der Waals surface area contributed by atoms with Gasteiger partial charge in [-0.05, 0) is 44.4 Å². The molecule has 3 aliphatic heterocycles. The monoisotopic (exact) mass is 420 g/mol. The highest BCUT2D eigenvalue weighted by atomic mass is 16.2. The molecule has 160 valence electrons. The van der Waals surface area contributed by atoms with Crippen molar-refractivity contribution in [1.82, 2.24) is 35.6 Å². The minimum absolute atomic E-state index is 0.0375. The van der Waals surface area contributed by atoms with Crippen LogP contribution in [-0.4, -0.2) is 68.1 Å². The summed E-state index contributed by atoms with van der Waals surface area (Å²) in [5, 5.41) is 17.2. The number of nitrogens with one attached hydrogen (secondary N) is 4. The number of nitrogens with zero attached hydrogens (tertiary/aromatic N) is 4. The molecular weight excluding hydrogens is 396 g/mol. The highest BCUT2D eigenvalue weighted by molar-refractivity contribution is 5.98. The number of hydrogen-bond donors (Lipinski definition) is 4. The van der Waals surface area contributed by atoms with E-state index in [4.69, 9.17) is 0 Å². The van der Waals surface area contributed by atoms with Crippen LogP contribution in [0, 0.1) is 6.92 Å². The molecule has 2 fully saturated rings. The topological polar surface area (TPSA) is 118 Å². The van der Waals surface area contributed by atoms with Crippen molar-refractivity contribution in [3.63, 3.8) is 0 Å². The predicted octanol–water partition coefficient (Wildman–Crippen LogP) is 1.16. The van der Waals surface area contributed by atoms with Gasteiger partial charge in [0.1, 0.15) is 11.9 Å². The van der Waals surface area contributed by atoms with E-state index < -0.39 is 6.04 Å². The second-order valence-electron chi connectivity index (χ2n) is 8.61. The normalized spacial score (nSPS) is 24.3. The zero-order valence-corrected chi connectivity index (χ0v) is 17.2. The number of rotatable bonds is 3. The van der Waals surface area contributed by atoms with Gasteiger partial charge in [0.25, 0.3) is 0 Å². The van der Waals surface area contributed by atoms with Crippen LogP contribution in [-0.2, 0) is 4.79 Å². The Balaban J connectivity index is 1.28. The van der Waals surface area contributed by atoms with Gasteiger partial charge in [-0.3, -0.25) is 20.1 Å². The zero-order chi connectivity index (χ0) is 21.1. The first-order valence-corrected chi connectivity index (χ1v) is 10.7. The number of carbonyl (C=O) groups is 2. The SMILES string of the molecule is Cc1ccc2c(NC(=O)N3C4=C(C=CC(C(=O)NC5CC5)N4)N4CC[C@H]3C4)n[nH]c2n1. The van der Waals surface area contributed by atoms with Crippen molar-refractivity contribution in [2.24, 2.45) is 0 Å². The molecule has 4 N–H and O–H groups in total. The van der Waals surface area contributed by atoms with Crippen LogP contribution in [0.2, 0.25) is 0 Å². The van der Waals surface area contributed by atoms with Gasteiger partial charge in [-0.1, -0.05) is 6.08 Å². The fourth-order valence-electron chi connectivity index (χ4n) is 4.54. The Morgan fingerprint density at radius 2 is 2.10 bits per heavy atom. The van der Waals surface area contributed by atoms with Crippen molar-refractivity contribution in [2.45, 2.75) is 44.3 Å². The molecule has 2 atom stereocenters. The molecule has 10 heteroatoms. The molecule has 4 aliphatic rings. The summed E-state index contributed by atoms with van der Waals surface area (Å²) in [6.07, 6.45) is 6.78. The summed E-state index contributed by atoms with van der Waals surface area (Å²) in [5.74, 6) is 1.07. The van der Waals surface area contributed by atoms with Crippen molar-refractivity contribution >= 4 is 28.8 Å². The second-order valence-corrected chi connectivity index (χ2v) is 8.61. The number of anilines is 1. The number of urea groups is 1. The van der Waals surface area contributed by atoms with Gasteiger partial charge in [0.15, 0.2) is 11.5 Å². The summed E-state index contributed by atoms with van der Waals surface area (Å²) in [6, 6.07) is 3.35. The molecule has 1 aliphatic carbocycles. The number of H-pyrrole nitrogens is 1. The van der Waals surface area contributed by atoms with E-state index in [0.717, 1.165) is 49.1 Å². The third kappa shape index (κ3) is 3.09. The maximum Gasteiger partial charge on any atom is 0.329 e. The van der Waals surface area contributed by atoms with Gasteiger partial charge in [-0.2, -0.15) is 5.10 Å². The number of pyridine rings is 1. The molecule has 31 heavy (non-hydrogen) atoms. The number of amides is 3. The van der Waals surface area contributed by atoms with Crippen LogP contribution in [0.4, 0.5) is 10.6 Å². The molecule has 6 rings (SSSR count). The van der Waals surface area contributed by atoms with E-state index in [9.17, 15) is 9.59 Å². The van der Waals surface area contributed by atoms with E-state index in [-0.39, 0.29) is 24.0 Å². The first-order valence-electron chi connectivity index (χ1n) is 10.7. The van der Waals surface area contributed by atoms with Gasteiger partial charge in [0.2, 0.25) is 5.91 Å². The number of fused-ring (bicyclic) bond motifs is 4. The second kappa shape index (κ2) is 6.73. The molecule has 1 unspecified atom stereocenters. The number of aromatic nitrogens is 3. The average molecular weight is 420 g/mol. The summed E-state index contributed by atoms with van der Waals surface area (Å²) in [5.41, 5.74) is 2.46. The highest BCUT2D eigenvalue weighted by Gasteiger charge is 2.43. The van der Waals surface area contributed by atoms with E-state index in [0.29, 0.717) is 17.3 Å². The van der Waals surface area contributed by atoms with Crippen LogP contribution < -0.4 is 16.0 Å². The Bertz CT molecular complexity index is 1150. The molecule has 1 saturated carbocycles. The lowest BCUT2D eigenvalue weighted by Crippen LogP contribution is -2.56. The van der Waals surface area contributed by atoms with Gasteiger partial charge in [0.05, 0.1) is 17.1 Å². The van der Waals surface area contributed by atoms with E-state index in [2.05, 4.69) is 36.0 Å². The van der Waals surface area contributed by atoms with Crippen molar-refractivity contribution in [1.29, 1.82) is 0 Å². The van der Waals surface area contributed by atoms with E-state index in [1.54, 1.807) is 4.90 Å². The van der Waals surface area contributed by atoms with Gasteiger partial charge >= 0.3 is 6.03 Å². The quantitative estimate of drug-likeness (QED) is 0.592. The molecule has 3 amide bonds. The summed E-state index contributed by atoms with van der Waals surface area (Å²) < 4.78 is 0. The van der Waals surface area contributed by atoms with Crippen molar-refractivity contribution in [3.05, 3.63) is 41.5 Å². The number of dihydropyridines is 1. The van der Waals surface area contributed by atoms with Crippen LogP contribution in [0.1, 0.15) is 25.0 Å². The van der Waals surface area contributed by atoms with Crippen molar-refractivity contribution < 1.29 is 9.59 Å². The summed E-state index contributed by atoms with van der Waals surface area (Å²) in [6.45, 7) is 3.57. The maximum absolute atomic E-state index is 13.4. The molecule has 2 bridgehead atoms. The molecule has 0 radical (unpaired) electrons. The highest BCUT2D eigenvalue weighted by Crippen LogP contribution is 2.34. The van der Waals surface area contributed by atoms with Gasteiger partial charge in [-0.25, -0.2) is 9.78 Å². The molecule has 0 aromatic carbocycles. The van der Waals surface area contributed by atoms with Crippen LogP contribution >= 0.6 is 0 Å². The Morgan fingerprint density at radius 1 is 1.23 bits per heavy atom. The van der Waals surface area contributed by atoms with Crippen molar-refractivity contribution in [3.8, 4) is 0 Å². The molecule has 0 spiro atoms. The Morgan fingerprint density at radius 3 is 2.94 bits per heavy atom. The minimum Gasteiger partial charge on any atom is -0.366 e. The largest absolute Gasteiger partial charge is 0.366 e. The lowest BCUT2D eigenvalue weighted by Gasteiger charge is -2.40. The molecule has 5 heterocycles. The molecule has 10 nitrogen and oxygen atoms in total. The maximum atomic E-state index is 13.4. The Labute approximate surface area is 178 Å². The first-order chi connectivity index (χ1) is 15.1. The smallest absolute Gasteiger partial charge is 0.329 e. The van der Waals surface area contributed by atoms with Crippen LogP contribution in [0.15, 0.2) is 35.8 Å². The molecule has 2 aromatic heterocycles. The zero-order valence-electron chi connectivity index (χ0n) is 17.2. The van der Waals surface area contributed by atoms with Crippen molar-refractivity contribution in [2.75, 3.05) is 18.4 Å². The Kier molecular flexibility index (Phi) is 3.95. The molecular formula is C21H24N8O2. The number of aryl methyl sites for hydroxylation is 1. The van der Waals surface area contributed by atoms with Gasteiger partial charge in [-0.15, -0.1) is 0 Å². The summed E-state index contributed by atoms with van der Waals surface area (Å²) >= 11 is 0. The summed E-state index contributed by atoms with van der Waals surface area (Å²) in [4.78, 5) is 34.4. The lowest BCUT2D eigenvalue weighted by atomic mass is 10.1. The average Bonchev–Trinajstić information content (AvgIpc) is 3.35. The van der Waals surface area contributed by atoms with Gasteiger partial charge < -0.3 is 15.5 Å². The fraction of sp³-hybridized carbons (Fsp3) is 0.429.